The van der Waals surface area contributed by atoms with Crippen LogP contribution in [0.5, 0.6) is 0 Å². The minimum atomic E-state index is 0.229. The Morgan fingerprint density at radius 2 is 2.08 bits per heavy atom. The summed E-state index contributed by atoms with van der Waals surface area (Å²) in [6.07, 6.45) is 1.92. The van der Waals surface area contributed by atoms with Crippen LogP contribution in [0.3, 0.4) is 0 Å². The second kappa shape index (κ2) is 4.67. The zero-order chi connectivity index (χ0) is 9.84. The third-order valence-corrected chi connectivity index (χ3v) is 2.64. The van der Waals surface area contributed by atoms with Gasteiger partial charge in [0.1, 0.15) is 10.0 Å². The molecule has 1 unspecified atom stereocenters. The predicted molar refractivity (Wildman–Crippen MR) is 55.8 cm³/mol. The van der Waals surface area contributed by atoms with Gasteiger partial charge in [0.2, 0.25) is 0 Å². The minimum absolute atomic E-state index is 0.229. The molecule has 1 rings (SSSR count). The standard InChI is InChI=1S/C9H17N3S/c1-6(2)4-8(10)5-9-12-11-7(3)13-9/h6,8H,4-5,10H2,1-3H3. The molecule has 0 spiro atoms. The molecule has 2 N–H and O–H groups in total. The topological polar surface area (TPSA) is 51.8 Å². The maximum Gasteiger partial charge on any atom is 0.118 e. The second-order valence-corrected chi connectivity index (χ2v) is 5.07. The van der Waals surface area contributed by atoms with Gasteiger partial charge in [0.25, 0.3) is 0 Å². The zero-order valence-corrected chi connectivity index (χ0v) is 9.27. The molecule has 0 fully saturated rings. The highest BCUT2D eigenvalue weighted by atomic mass is 32.1. The maximum absolute atomic E-state index is 5.95. The number of aromatic nitrogens is 2. The molecule has 0 saturated carbocycles. The van der Waals surface area contributed by atoms with Crippen molar-refractivity contribution in [3.05, 3.63) is 10.0 Å². The Morgan fingerprint density at radius 3 is 2.54 bits per heavy atom. The van der Waals surface area contributed by atoms with E-state index in [9.17, 15) is 0 Å². The van der Waals surface area contributed by atoms with Gasteiger partial charge in [-0.3, -0.25) is 0 Å². The summed E-state index contributed by atoms with van der Waals surface area (Å²) in [6, 6.07) is 0.229. The van der Waals surface area contributed by atoms with Crippen molar-refractivity contribution in [3.8, 4) is 0 Å². The average Bonchev–Trinajstić information content (AvgIpc) is 2.33. The number of hydrogen-bond acceptors (Lipinski definition) is 4. The Hall–Kier alpha value is -0.480. The van der Waals surface area contributed by atoms with Gasteiger partial charge in [0, 0.05) is 12.5 Å². The van der Waals surface area contributed by atoms with E-state index in [1.807, 2.05) is 6.92 Å². The molecule has 1 heterocycles. The zero-order valence-electron chi connectivity index (χ0n) is 8.45. The van der Waals surface area contributed by atoms with Crippen molar-refractivity contribution in [2.24, 2.45) is 11.7 Å². The van der Waals surface area contributed by atoms with E-state index in [-0.39, 0.29) is 6.04 Å². The minimum Gasteiger partial charge on any atom is -0.327 e. The lowest BCUT2D eigenvalue weighted by atomic mass is 10.0. The largest absolute Gasteiger partial charge is 0.327 e. The molecule has 0 aliphatic carbocycles. The van der Waals surface area contributed by atoms with Crippen LogP contribution in [-0.4, -0.2) is 16.2 Å². The summed E-state index contributed by atoms with van der Waals surface area (Å²) in [5.41, 5.74) is 5.95. The molecule has 0 aliphatic rings. The quantitative estimate of drug-likeness (QED) is 0.804. The Bertz CT molecular complexity index is 257. The van der Waals surface area contributed by atoms with Crippen molar-refractivity contribution in [2.75, 3.05) is 0 Å². The van der Waals surface area contributed by atoms with Gasteiger partial charge in [-0.25, -0.2) is 0 Å². The first-order valence-electron chi connectivity index (χ1n) is 4.62. The van der Waals surface area contributed by atoms with Gasteiger partial charge in [-0.15, -0.1) is 21.5 Å². The van der Waals surface area contributed by atoms with Crippen molar-refractivity contribution in [1.82, 2.24) is 10.2 Å². The summed E-state index contributed by atoms with van der Waals surface area (Å²) < 4.78 is 0. The number of nitrogens with two attached hydrogens (primary N) is 1. The van der Waals surface area contributed by atoms with Gasteiger partial charge in [0.05, 0.1) is 0 Å². The fourth-order valence-electron chi connectivity index (χ4n) is 1.33. The third kappa shape index (κ3) is 3.83. The first-order valence-corrected chi connectivity index (χ1v) is 5.44. The molecule has 1 aromatic rings. The maximum atomic E-state index is 5.95. The van der Waals surface area contributed by atoms with E-state index in [4.69, 9.17) is 5.73 Å². The SMILES string of the molecule is Cc1nnc(CC(N)CC(C)C)s1. The van der Waals surface area contributed by atoms with E-state index in [1.54, 1.807) is 11.3 Å². The first kappa shape index (κ1) is 10.6. The normalized spacial score (nSPS) is 13.6. The van der Waals surface area contributed by atoms with Crippen LogP contribution in [0.25, 0.3) is 0 Å². The van der Waals surface area contributed by atoms with E-state index >= 15 is 0 Å². The van der Waals surface area contributed by atoms with Crippen LogP contribution < -0.4 is 5.73 Å². The summed E-state index contributed by atoms with van der Waals surface area (Å²) >= 11 is 1.64. The average molecular weight is 199 g/mol. The van der Waals surface area contributed by atoms with Crippen molar-refractivity contribution in [3.63, 3.8) is 0 Å². The summed E-state index contributed by atoms with van der Waals surface area (Å²) in [6.45, 7) is 6.34. The van der Waals surface area contributed by atoms with Crippen LogP contribution in [-0.2, 0) is 6.42 Å². The van der Waals surface area contributed by atoms with Gasteiger partial charge in [-0.1, -0.05) is 13.8 Å². The highest BCUT2D eigenvalue weighted by molar-refractivity contribution is 7.11. The first-order chi connectivity index (χ1) is 6.08. The summed E-state index contributed by atoms with van der Waals surface area (Å²) in [5.74, 6) is 0.656. The fraction of sp³-hybridized carbons (Fsp3) is 0.778. The van der Waals surface area contributed by atoms with Crippen molar-refractivity contribution < 1.29 is 0 Å². The van der Waals surface area contributed by atoms with Crippen LogP contribution in [0.4, 0.5) is 0 Å². The number of hydrogen-bond donors (Lipinski definition) is 1. The van der Waals surface area contributed by atoms with Gasteiger partial charge in [0.15, 0.2) is 0 Å². The van der Waals surface area contributed by atoms with E-state index in [0.717, 1.165) is 22.9 Å². The smallest absolute Gasteiger partial charge is 0.118 e. The summed E-state index contributed by atoms with van der Waals surface area (Å²) in [5, 5.41) is 10.1. The highest BCUT2D eigenvalue weighted by Crippen LogP contribution is 2.12. The van der Waals surface area contributed by atoms with Crippen LogP contribution >= 0.6 is 11.3 Å². The fourth-order valence-corrected chi connectivity index (χ4v) is 2.13. The summed E-state index contributed by atoms with van der Waals surface area (Å²) in [4.78, 5) is 0. The molecular weight excluding hydrogens is 182 g/mol. The molecule has 74 valence electrons. The summed E-state index contributed by atoms with van der Waals surface area (Å²) in [7, 11) is 0. The number of aryl methyl sites for hydroxylation is 1. The molecule has 0 aromatic carbocycles. The van der Waals surface area contributed by atoms with E-state index in [1.165, 1.54) is 0 Å². The molecule has 1 aromatic heterocycles. The van der Waals surface area contributed by atoms with Gasteiger partial charge in [-0.05, 0) is 19.3 Å². The molecule has 1 atom stereocenters. The van der Waals surface area contributed by atoms with Gasteiger partial charge in [-0.2, -0.15) is 0 Å². The Labute approximate surface area is 83.4 Å². The Morgan fingerprint density at radius 1 is 1.38 bits per heavy atom. The van der Waals surface area contributed by atoms with Crippen LogP contribution in [0.2, 0.25) is 0 Å². The number of rotatable bonds is 4. The van der Waals surface area contributed by atoms with Gasteiger partial charge < -0.3 is 5.73 Å². The predicted octanol–water partition coefficient (Wildman–Crippen LogP) is 1.76. The molecule has 0 aliphatic heterocycles. The highest BCUT2D eigenvalue weighted by Gasteiger charge is 2.09. The van der Waals surface area contributed by atoms with Crippen molar-refractivity contribution in [1.29, 1.82) is 0 Å². The molecule has 0 radical (unpaired) electrons. The van der Waals surface area contributed by atoms with Gasteiger partial charge >= 0.3 is 0 Å². The van der Waals surface area contributed by atoms with Crippen LogP contribution in [0, 0.1) is 12.8 Å². The lowest BCUT2D eigenvalue weighted by Crippen LogP contribution is -2.24. The lowest BCUT2D eigenvalue weighted by Gasteiger charge is -2.11. The van der Waals surface area contributed by atoms with E-state index in [0.29, 0.717) is 5.92 Å². The molecule has 0 saturated heterocycles. The Kier molecular flexibility index (Phi) is 3.81. The molecule has 4 heteroatoms. The van der Waals surface area contributed by atoms with Crippen LogP contribution in [0.15, 0.2) is 0 Å². The lowest BCUT2D eigenvalue weighted by molar-refractivity contribution is 0.492. The molecular formula is C9H17N3S. The number of nitrogens with zero attached hydrogens (tertiary/aromatic N) is 2. The molecule has 0 bridgehead atoms. The molecule has 3 nitrogen and oxygen atoms in total. The van der Waals surface area contributed by atoms with Crippen molar-refractivity contribution in [2.45, 2.75) is 39.7 Å². The molecule has 0 amide bonds. The third-order valence-electron chi connectivity index (χ3n) is 1.78. The van der Waals surface area contributed by atoms with Crippen molar-refractivity contribution >= 4 is 11.3 Å². The van der Waals surface area contributed by atoms with E-state index in [2.05, 4.69) is 24.0 Å². The monoisotopic (exact) mass is 199 g/mol. The van der Waals surface area contributed by atoms with E-state index < -0.39 is 0 Å². The molecule has 13 heavy (non-hydrogen) atoms. The second-order valence-electron chi connectivity index (χ2n) is 3.81. The van der Waals surface area contributed by atoms with Crippen LogP contribution in [0.1, 0.15) is 30.3 Å². The Balaban J connectivity index is 2.40.